The average Bonchev–Trinajstić information content (AvgIpc) is 2.40. The monoisotopic (exact) mass is 236 g/mol. The molecule has 1 aromatic rings. The highest BCUT2D eigenvalue weighted by molar-refractivity contribution is 5.16. The largest absolute Gasteiger partial charge is 0.396 e. The van der Waals surface area contributed by atoms with Crippen molar-refractivity contribution in [3.63, 3.8) is 0 Å². The van der Waals surface area contributed by atoms with Crippen molar-refractivity contribution in [3.05, 3.63) is 35.9 Å². The fourth-order valence-electron chi connectivity index (χ4n) is 2.00. The van der Waals surface area contributed by atoms with Gasteiger partial charge in [-0.25, -0.2) is 0 Å². The molecule has 17 heavy (non-hydrogen) atoms. The number of hydrogen-bond donors (Lipinski definition) is 1. The predicted molar refractivity (Wildman–Crippen MR) is 65.5 cm³/mol. The number of benzene rings is 1. The molecular weight excluding hydrogens is 216 g/mol. The Bertz CT molecular complexity index is 348. The standard InChI is InChI=1S/C14H20O3/c1-14(2,10-15)12-8-9-16-13(17-12)11-6-4-3-5-7-11/h3-7,12-13,15H,8-10H2,1-2H3/t12-,13-/m0/s1. The summed E-state index contributed by atoms with van der Waals surface area (Å²) in [6.07, 6.45) is 0.559. The van der Waals surface area contributed by atoms with Gasteiger partial charge in [-0.15, -0.1) is 0 Å². The molecule has 0 unspecified atom stereocenters. The Hall–Kier alpha value is -0.900. The Morgan fingerprint density at radius 1 is 1.29 bits per heavy atom. The van der Waals surface area contributed by atoms with Gasteiger partial charge in [0, 0.05) is 11.0 Å². The van der Waals surface area contributed by atoms with E-state index in [-0.39, 0.29) is 24.4 Å². The first-order chi connectivity index (χ1) is 8.13. The Morgan fingerprint density at radius 2 is 2.00 bits per heavy atom. The molecule has 1 aromatic carbocycles. The van der Waals surface area contributed by atoms with E-state index >= 15 is 0 Å². The molecule has 1 fully saturated rings. The maximum Gasteiger partial charge on any atom is 0.184 e. The minimum absolute atomic E-state index is 0.0338. The third-order valence-corrected chi connectivity index (χ3v) is 3.29. The lowest BCUT2D eigenvalue weighted by atomic mass is 9.85. The van der Waals surface area contributed by atoms with Crippen molar-refractivity contribution in [2.75, 3.05) is 13.2 Å². The molecule has 0 spiro atoms. The molecule has 0 aliphatic carbocycles. The van der Waals surface area contributed by atoms with Crippen LogP contribution in [0.25, 0.3) is 0 Å². The minimum Gasteiger partial charge on any atom is -0.396 e. The van der Waals surface area contributed by atoms with Gasteiger partial charge >= 0.3 is 0 Å². The van der Waals surface area contributed by atoms with Crippen molar-refractivity contribution >= 4 is 0 Å². The van der Waals surface area contributed by atoms with Crippen LogP contribution in [-0.4, -0.2) is 24.4 Å². The smallest absolute Gasteiger partial charge is 0.184 e. The summed E-state index contributed by atoms with van der Waals surface area (Å²) in [7, 11) is 0. The second kappa shape index (κ2) is 5.17. The number of ether oxygens (including phenoxy) is 2. The van der Waals surface area contributed by atoms with Gasteiger partial charge < -0.3 is 14.6 Å². The van der Waals surface area contributed by atoms with Gasteiger partial charge in [0.25, 0.3) is 0 Å². The summed E-state index contributed by atoms with van der Waals surface area (Å²) < 4.78 is 11.6. The van der Waals surface area contributed by atoms with Crippen LogP contribution in [-0.2, 0) is 9.47 Å². The summed E-state index contributed by atoms with van der Waals surface area (Å²) in [5.41, 5.74) is 0.808. The van der Waals surface area contributed by atoms with Crippen molar-refractivity contribution in [2.45, 2.75) is 32.7 Å². The molecule has 1 aliphatic rings. The molecule has 2 rings (SSSR count). The molecule has 0 saturated carbocycles. The van der Waals surface area contributed by atoms with Crippen LogP contribution >= 0.6 is 0 Å². The maximum absolute atomic E-state index is 9.38. The fraction of sp³-hybridized carbons (Fsp3) is 0.571. The molecule has 0 bridgehead atoms. The van der Waals surface area contributed by atoms with Crippen LogP contribution in [0.1, 0.15) is 32.1 Å². The van der Waals surface area contributed by atoms with E-state index < -0.39 is 0 Å². The first kappa shape index (κ1) is 12.6. The second-order valence-electron chi connectivity index (χ2n) is 5.17. The minimum atomic E-state index is -0.305. The highest BCUT2D eigenvalue weighted by Gasteiger charge is 2.35. The van der Waals surface area contributed by atoms with Crippen LogP contribution in [0.3, 0.4) is 0 Å². The van der Waals surface area contributed by atoms with E-state index in [1.165, 1.54) is 0 Å². The molecule has 1 saturated heterocycles. The van der Waals surface area contributed by atoms with Gasteiger partial charge in [-0.2, -0.15) is 0 Å². The summed E-state index contributed by atoms with van der Waals surface area (Å²) in [6, 6.07) is 9.92. The second-order valence-corrected chi connectivity index (χ2v) is 5.17. The van der Waals surface area contributed by atoms with Crippen LogP contribution in [0.15, 0.2) is 30.3 Å². The molecule has 3 heteroatoms. The third-order valence-electron chi connectivity index (χ3n) is 3.29. The van der Waals surface area contributed by atoms with E-state index in [1.54, 1.807) is 0 Å². The summed E-state index contributed by atoms with van der Waals surface area (Å²) >= 11 is 0. The first-order valence-electron chi connectivity index (χ1n) is 6.06. The van der Waals surface area contributed by atoms with Gasteiger partial charge in [-0.3, -0.25) is 0 Å². The molecule has 0 radical (unpaired) electrons. The molecule has 0 aromatic heterocycles. The van der Waals surface area contributed by atoms with Crippen LogP contribution in [0.4, 0.5) is 0 Å². The van der Waals surface area contributed by atoms with Crippen molar-refractivity contribution in [1.82, 2.24) is 0 Å². The quantitative estimate of drug-likeness (QED) is 0.876. The highest BCUT2D eigenvalue weighted by atomic mass is 16.7. The van der Waals surface area contributed by atoms with Gasteiger partial charge in [0.2, 0.25) is 0 Å². The summed E-state index contributed by atoms with van der Waals surface area (Å²) in [4.78, 5) is 0. The topological polar surface area (TPSA) is 38.7 Å². The first-order valence-corrected chi connectivity index (χ1v) is 6.06. The Balaban J connectivity index is 2.08. The van der Waals surface area contributed by atoms with Crippen LogP contribution < -0.4 is 0 Å². The molecule has 1 heterocycles. The summed E-state index contributed by atoms with van der Waals surface area (Å²) in [5, 5.41) is 9.38. The zero-order chi connectivity index (χ0) is 12.3. The van der Waals surface area contributed by atoms with Gasteiger partial charge in [-0.1, -0.05) is 44.2 Å². The average molecular weight is 236 g/mol. The van der Waals surface area contributed by atoms with E-state index in [0.717, 1.165) is 12.0 Å². The molecule has 0 amide bonds. The Kier molecular flexibility index (Phi) is 3.82. The zero-order valence-electron chi connectivity index (χ0n) is 10.4. The highest BCUT2D eigenvalue weighted by Crippen LogP contribution is 2.34. The predicted octanol–water partition coefficient (Wildman–Crippen LogP) is 2.51. The van der Waals surface area contributed by atoms with E-state index in [0.29, 0.717) is 6.61 Å². The Morgan fingerprint density at radius 3 is 2.65 bits per heavy atom. The van der Waals surface area contributed by atoms with Crippen LogP contribution in [0.5, 0.6) is 0 Å². The molecule has 94 valence electrons. The van der Waals surface area contributed by atoms with Crippen molar-refractivity contribution < 1.29 is 14.6 Å². The molecule has 2 atom stereocenters. The lowest BCUT2D eigenvalue weighted by Gasteiger charge is -2.39. The zero-order valence-corrected chi connectivity index (χ0v) is 10.4. The fourth-order valence-corrected chi connectivity index (χ4v) is 2.00. The van der Waals surface area contributed by atoms with Gasteiger partial charge in [0.05, 0.1) is 19.3 Å². The van der Waals surface area contributed by atoms with E-state index in [2.05, 4.69) is 0 Å². The van der Waals surface area contributed by atoms with Crippen LogP contribution in [0.2, 0.25) is 0 Å². The van der Waals surface area contributed by atoms with Gasteiger partial charge in [-0.05, 0) is 6.42 Å². The van der Waals surface area contributed by atoms with E-state index in [9.17, 15) is 5.11 Å². The molecule has 1 aliphatic heterocycles. The van der Waals surface area contributed by atoms with Gasteiger partial charge in [0.15, 0.2) is 6.29 Å². The number of aliphatic hydroxyl groups excluding tert-OH is 1. The van der Waals surface area contributed by atoms with Gasteiger partial charge in [0.1, 0.15) is 0 Å². The van der Waals surface area contributed by atoms with Crippen molar-refractivity contribution in [2.24, 2.45) is 5.41 Å². The summed E-state index contributed by atoms with van der Waals surface area (Å²) in [5.74, 6) is 0. The normalized spacial score (nSPS) is 25.8. The van der Waals surface area contributed by atoms with E-state index in [1.807, 2.05) is 44.2 Å². The van der Waals surface area contributed by atoms with E-state index in [4.69, 9.17) is 9.47 Å². The van der Waals surface area contributed by atoms with Crippen molar-refractivity contribution in [3.8, 4) is 0 Å². The lowest BCUT2D eigenvalue weighted by molar-refractivity contribution is -0.244. The number of rotatable bonds is 3. The van der Waals surface area contributed by atoms with Crippen LogP contribution in [0, 0.1) is 5.41 Å². The molecule has 3 nitrogen and oxygen atoms in total. The third kappa shape index (κ3) is 2.86. The molecular formula is C14H20O3. The Labute approximate surface area is 102 Å². The number of aliphatic hydroxyl groups is 1. The van der Waals surface area contributed by atoms with Crippen molar-refractivity contribution in [1.29, 1.82) is 0 Å². The number of hydrogen-bond acceptors (Lipinski definition) is 3. The summed E-state index contributed by atoms with van der Waals surface area (Å²) in [6.45, 7) is 4.84. The lowest BCUT2D eigenvalue weighted by Crippen LogP contribution is -2.40. The maximum atomic E-state index is 9.38. The SMILES string of the molecule is CC(C)(CO)[C@@H]1CCO[C@H](c2ccccc2)O1. The molecule has 1 N–H and O–H groups in total.